The highest BCUT2D eigenvalue weighted by Gasteiger charge is 2.53. The van der Waals surface area contributed by atoms with Crippen LogP contribution in [0.25, 0.3) is 0 Å². The second-order valence-corrected chi connectivity index (χ2v) is 11.2. The summed E-state index contributed by atoms with van der Waals surface area (Å²) in [5, 5.41) is 7.62. The summed E-state index contributed by atoms with van der Waals surface area (Å²) in [7, 11) is 0. The van der Waals surface area contributed by atoms with E-state index in [0.29, 0.717) is 11.6 Å². The van der Waals surface area contributed by atoms with Crippen molar-refractivity contribution < 1.29 is 14.3 Å². The molecule has 1 spiro atoms. The predicted octanol–water partition coefficient (Wildman–Crippen LogP) is 4.85. The number of nitrogens with zero attached hydrogens (tertiary/aromatic N) is 2. The van der Waals surface area contributed by atoms with Crippen LogP contribution in [0.4, 0.5) is 0 Å². The van der Waals surface area contributed by atoms with E-state index in [0.717, 1.165) is 64.0 Å². The summed E-state index contributed by atoms with van der Waals surface area (Å²) in [6.07, 6.45) is 8.68. The summed E-state index contributed by atoms with van der Waals surface area (Å²) in [5.74, 6) is 1.37. The van der Waals surface area contributed by atoms with Gasteiger partial charge in [0, 0.05) is 35.8 Å². The third-order valence-electron chi connectivity index (χ3n) is 8.70. The molecular weight excluding hydrogens is 414 g/mol. The molecule has 2 atom stereocenters. The first kappa shape index (κ1) is 21.2. The zero-order valence-corrected chi connectivity index (χ0v) is 19.9. The van der Waals surface area contributed by atoms with E-state index in [2.05, 4.69) is 42.2 Å². The lowest BCUT2D eigenvalue weighted by atomic mass is 9.64. The van der Waals surface area contributed by atoms with Crippen molar-refractivity contribution in [3.63, 3.8) is 0 Å². The van der Waals surface area contributed by atoms with E-state index in [4.69, 9.17) is 9.47 Å². The molecule has 6 rings (SSSR count). The maximum absolute atomic E-state index is 13.4. The van der Waals surface area contributed by atoms with Gasteiger partial charge in [0.2, 0.25) is 0 Å². The van der Waals surface area contributed by atoms with Crippen molar-refractivity contribution >= 4 is 5.91 Å². The van der Waals surface area contributed by atoms with E-state index < -0.39 is 0 Å². The van der Waals surface area contributed by atoms with Crippen LogP contribution in [-0.2, 0) is 17.6 Å². The van der Waals surface area contributed by atoms with Gasteiger partial charge in [0.05, 0.1) is 12.7 Å². The smallest absolute Gasteiger partial charge is 0.274 e. The SMILES string of the molecule is CC1(C)Oc2ccccc2[C@H]2OCC3(CCN(C(=O)c4n[nH]c5c4CCCCC5)CC3)C[C@@H]21. The van der Waals surface area contributed by atoms with Gasteiger partial charge in [-0.15, -0.1) is 0 Å². The molecule has 2 aromatic rings. The van der Waals surface area contributed by atoms with E-state index >= 15 is 0 Å². The van der Waals surface area contributed by atoms with Gasteiger partial charge in [0.1, 0.15) is 11.4 Å². The first-order chi connectivity index (χ1) is 16.0. The average molecular weight is 450 g/mol. The second-order valence-electron chi connectivity index (χ2n) is 11.2. The molecule has 4 heterocycles. The number of amides is 1. The maximum atomic E-state index is 13.4. The minimum absolute atomic E-state index is 0.0924. The van der Waals surface area contributed by atoms with Gasteiger partial charge in [-0.3, -0.25) is 9.89 Å². The molecule has 0 saturated carbocycles. The number of aryl methyl sites for hydroxylation is 1. The van der Waals surface area contributed by atoms with Crippen LogP contribution in [0.2, 0.25) is 0 Å². The second kappa shape index (κ2) is 7.86. The number of aromatic nitrogens is 2. The number of para-hydroxylation sites is 1. The third kappa shape index (κ3) is 3.58. The van der Waals surface area contributed by atoms with Gasteiger partial charge in [0.15, 0.2) is 5.69 Å². The number of hydrogen-bond donors (Lipinski definition) is 1. The van der Waals surface area contributed by atoms with Crippen molar-refractivity contribution in [1.82, 2.24) is 15.1 Å². The van der Waals surface area contributed by atoms with Crippen LogP contribution in [0.15, 0.2) is 24.3 Å². The minimum atomic E-state index is -0.272. The van der Waals surface area contributed by atoms with Crippen molar-refractivity contribution in [3.8, 4) is 5.75 Å². The van der Waals surface area contributed by atoms with Gasteiger partial charge in [0.25, 0.3) is 5.91 Å². The molecule has 2 fully saturated rings. The summed E-state index contributed by atoms with van der Waals surface area (Å²) in [4.78, 5) is 15.4. The largest absolute Gasteiger partial charge is 0.487 e. The van der Waals surface area contributed by atoms with Crippen LogP contribution in [0, 0.1) is 11.3 Å². The molecule has 1 aliphatic carbocycles. The number of likely N-dealkylation sites (tertiary alicyclic amines) is 1. The number of ether oxygens (including phenoxy) is 2. The van der Waals surface area contributed by atoms with Crippen molar-refractivity contribution in [1.29, 1.82) is 0 Å². The molecule has 0 bridgehead atoms. The quantitative estimate of drug-likeness (QED) is 0.632. The van der Waals surface area contributed by atoms with Gasteiger partial charge in [-0.05, 0) is 70.3 Å². The van der Waals surface area contributed by atoms with Crippen molar-refractivity contribution in [2.24, 2.45) is 11.3 Å². The summed E-state index contributed by atoms with van der Waals surface area (Å²) < 4.78 is 13.0. The molecule has 33 heavy (non-hydrogen) atoms. The zero-order chi connectivity index (χ0) is 22.6. The fourth-order valence-corrected chi connectivity index (χ4v) is 6.62. The van der Waals surface area contributed by atoms with Gasteiger partial charge in [-0.2, -0.15) is 5.10 Å². The Kier molecular flexibility index (Phi) is 5.05. The Labute approximate surface area is 196 Å². The lowest BCUT2D eigenvalue weighted by Crippen LogP contribution is -2.54. The standard InChI is InChI=1S/C27H35N3O3/c1-26(2)20-16-27(17-32-24(20)19-9-6-7-11-22(19)33-26)12-14-30(15-13-27)25(31)23-18-8-4-3-5-10-21(18)28-29-23/h6-7,9,11,20,24H,3-5,8,10,12-17H2,1-2H3,(H,28,29)/t20-,24+/m0/s1. The van der Waals surface area contributed by atoms with Crippen LogP contribution in [0.5, 0.6) is 5.75 Å². The predicted molar refractivity (Wildman–Crippen MR) is 125 cm³/mol. The molecule has 3 aliphatic heterocycles. The highest BCUT2D eigenvalue weighted by atomic mass is 16.5. The molecular formula is C27H35N3O3. The summed E-state index contributed by atoms with van der Waals surface area (Å²) in [6.45, 7) is 6.71. The molecule has 1 aromatic heterocycles. The number of fused-ring (bicyclic) bond motifs is 4. The Morgan fingerprint density at radius 1 is 1.12 bits per heavy atom. The Bertz CT molecular complexity index is 1050. The number of nitrogens with one attached hydrogen (secondary N) is 1. The molecule has 2 saturated heterocycles. The van der Waals surface area contributed by atoms with Gasteiger partial charge >= 0.3 is 0 Å². The molecule has 0 radical (unpaired) electrons. The highest BCUT2D eigenvalue weighted by Crippen LogP contribution is 2.55. The minimum Gasteiger partial charge on any atom is -0.487 e. The third-order valence-corrected chi connectivity index (χ3v) is 8.70. The number of hydrogen-bond acceptors (Lipinski definition) is 4. The first-order valence-corrected chi connectivity index (χ1v) is 12.7. The van der Waals surface area contributed by atoms with Crippen LogP contribution in [0.3, 0.4) is 0 Å². The lowest BCUT2D eigenvalue weighted by molar-refractivity contribution is -0.173. The molecule has 1 N–H and O–H groups in total. The van der Waals surface area contributed by atoms with Crippen LogP contribution in [-0.4, -0.2) is 46.3 Å². The van der Waals surface area contributed by atoms with Gasteiger partial charge in [-0.25, -0.2) is 0 Å². The fraction of sp³-hybridized carbons (Fsp3) is 0.630. The Hall–Kier alpha value is -2.34. The number of piperidine rings is 1. The lowest BCUT2D eigenvalue weighted by Gasteiger charge is -2.54. The monoisotopic (exact) mass is 449 g/mol. The van der Waals surface area contributed by atoms with E-state index in [1.807, 2.05) is 11.0 Å². The Morgan fingerprint density at radius 2 is 1.91 bits per heavy atom. The molecule has 6 heteroatoms. The Morgan fingerprint density at radius 3 is 2.76 bits per heavy atom. The fourth-order valence-electron chi connectivity index (χ4n) is 6.62. The summed E-state index contributed by atoms with van der Waals surface area (Å²) in [6, 6.07) is 8.31. The maximum Gasteiger partial charge on any atom is 0.274 e. The Balaban J connectivity index is 1.17. The molecule has 1 aromatic carbocycles. The number of H-pyrrole nitrogens is 1. The number of carbonyl (C=O) groups is 1. The van der Waals surface area contributed by atoms with E-state index in [-0.39, 0.29) is 23.0 Å². The van der Waals surface area contributed by atoms with Crippen molar-refractivity contribution in [3.05, 3.63) is 46.8 Å². The van der Waals surface area contributed by atoms with Crippen LogP contribution >= 0.6 is 0 Å². The van der Waals surface area contributed by atoms with Gasteiger partial charge in [-0.1, -0.05) is 24.6 Å². The molecule has 6 nitrogen and oxygen atoms in total. The van der Waals surface area contributed by atoms with Crippen LogP contribution in [0.1, 0.15) is 85.8 Å². The number of carbonyl (C=O) groups excluding carboxylic acids is 1. The normalized spacial score (nSPS) is 27.6. The van der Waals surface area contributed by atoms with E-state index in [1.165, 1.54) is 29.7 Å². The van der Waals surface area contributed by atoms with Crippen molar-refractivity contribution in [2.75, 3.05) is 19.7 Å². The summed E-state index contributed by atoms with van der Waals surface area (Å²) in [5.41, 5.74) is 4.04. The first-order valence-electron chi connectivity index (χ1n) is 12.7. The topological polar surface area (TPSA) is 67.5 Å². The van der Waals surface area contributed by atoms with E-state index in [1.54, 1.807) is 0 Å². The highest BCUT2D eigenvalue weighted by molar-refractivity contribution is 5.94. The number of benzene rings is 1. The van der Waals surface area contributed by atoms with Gasteiger partial charge < -0.3 is 14.4 Å². The number of aromatic amines is 1. The molecule has 4 aliphatic rings. The number of rotatable bonds is 1. The zero-order valence-electron chi connectivity index (χ0n) is 19.9. The van der Waals surface area contributed by atoms with E-state index in [9.17, 15) is 4.79 Å². The summed E-state index contributed by atoms with van der Waals surface area (Å²) >= 11 is 0. The van der Waals surface area contributed by atoms with Crippen LogP contribution < -0.4 is 4.74 Å². The molecule has 1 amide bonds. The molecule has 176 valence electrons. The van der Waals surface area contributed by atoms with Crippen molar-refractivity contribution in [2.45, 2.75) is 76.9 Å². The molecule has 0 unspecified atom stereocenters. The average Bonchev–Trinajstić information content (AvgIpc) is 3.07.